The topological polar surface area (TPSA) is 63.6 Å². The molecule has 0 aromatic carbocycles. The van der Waals surface area contributed by atoms with E-state index in [1.165, 1.54) is 0 Å². The normalized spacial score (nSPS) is 12.6. The number of hydrogen-bond acceptors (Lipinski definition) is 3. The van der Waals surface area contributed by atoms with Crippen LogP contribution in [0.25, 0.3) is 0 Å². The zero-order valence-corrected chi connectivity index (χ0v) is 6.47. The Morgan fingerprint density at radius 3 is 2.60 bits per heavy atom. The SMILES string of the molecule is CC=CCCOS(=O)(=O)O. The van der Waals surface area contributed by atoms with Crippen molar-refractivity contribution < 1.29 is 17.2 Å². The third-order valence-corrected chi connectivity index (χ3v) is 1.22. The van der Waals surface area contributed by atoms with Crippen LogP contribution in [-0.4, -0.2) is 19.6 Å². The van der Waals surface area contributed by atoms with E-state index in [2.05, 4.69) is 4.18 Å². The van der Waals surface area contributed by atoms with Crippen molar-refractivity contribution in [3.8, 4) is 0 Å². The molecule has 5 heteroatoms. The molecule has 0 amide bonds. The molecular formula is C5H10O4S. The van der Waals surface area contributed by atoms with Crippen molar-refractivity contribution in [1.82, 2.24) is 0 Å². The highest BCUT2D eigenvalue weighted by Crippen LogP contribution is 1.89. The quantitative estimate of drug-likeness (QED) is 0.380. The highest BCUT2D eigenvalue weighted by molar-refractivity contribution is 7.80. The molecule has 0 atom stereocenters. The first-order chi connectivity index (χ1) is 4.56. The molecule has 0 aliphatic rings. The lowest BCUT2D eigenvalue weighted by molar-refractivity contribution is 0.273. The second-order valence-corrected chi connectivity index (χ2v) is 2.70. The molecule has 0 unspecified atom stereocenters. The molecule has 0 saturated heterocycles. The van der Waals surface area contributed by atoms with Crippen LogP contribution >= 0.6 is 0 Å². The van der Waals surface area contributed by atoms with Crippen LogP contribution < -0.4 is 0 Å². The Morgan fingerprint density at radius 2 is 2.20 bits per heavy atom. The largest absolute Gasteiger partial charge is 0.397 e. The number of allylic oxidation sites excluding steroid dienone is 1. The molecule has 0 aromatic rings. The van der Waals surface area contributed by atoms with Crippen molar-refractivity contribution >= 4 is 10.4 Å². The van der Waals surface area contributed by atoms with E-state index in [1.807, 2.05) is 6.92 Å². The molecule has 10 heavy (non-hydrogen) atoms. The van der Waals surface area contributed by atoms with Crippen molar-refractivity contribution in [2.24, 2.45) is 0 Å². The summed E-state index contributed by atoms with van der Waals surface area (Å²) in [7, 11) is -4.24. The Morgan fingerprint density at radius 1 is 1.60 bits per heavy atom. The van der Waals surface area contributed by atoms with Gasteiger partial charge in [0.1, 0.15) is 0 Å². The first-order valence-electron chi connectivity index (χ1n) is 2.79. The summed E-state index contributed by atoms with van der Waals surface area (Å²) in [6, 6.07) is 0. The predicted molar refractivity (Wildman–Crippen MR) is 36.9 cm³/mol. The molecule has 0 bridgehead atoms. The zero-order valence-electron chi connectivity index (χ0n) is 5.65. The third kappa shape index (κ3) is 7.61. The summed E-state index contributed by atoms with van der Waals surface area (Å²) in [4.78, 5) is 0. The molecule has 60 valence electrons. The minimum Gasteiger partial charge on any atom is -0.264 e. The van der Waals surface area contributed by atoms with Gasteiger partial charge in [0.25, 0.3) is 0 Å². The van der Waals surface area contributed by atoms with Crippen LogP contribution in [0.15, 0.2) is 12.2 Å². The van der Waals surface area contributed by atoms with Crippen molar-refractivity contribution in [2.45, 2.75) is 13.3 Å². The third-order valence-electron chi connectivity index (χ3n) is 0.752. The highest BCUT2D eigenvalue weighted by atomic mass is 32.3. The van der Waals surface area contributed by atoms with E-state index in [9.17, 15) is 8.42 Å². The first kappa shape index (κ1) is 9.61. The molecule has 0 aliphatic carbocycles. The van der Waals surface area contributed by atoms with Gasteiger partial charge in [-0.3, -0.25) is 4.55 Å². The van der Waals surface area contributed by atoms with Crippen molar-refractivity contribution in [3.63, 3.8) is 0 Å². The van der Waals surface area contributed by atoms with Gasteiger partial charge in [-0.25, -0.2) is 4.18 Å². The Bertz CT molecular complexity index is 192. The van der Waals surface area contributed by atoms with Gasteiger partial charge in [-0.05, 0) is 13.3 Å². The second kappa shape index (κ2) is 4.43. The zero-order chi connectivity index (χ0) is 8.04. The van der Waals surface area contributed by atoms with Crippen LogP contribution in [0.5, 0.6) is 0 Å². The van der Waals surface area contributed by atoms with Gasteiger partial charge in [-0.15, -0.1) is 0 Å². The van der Waals surface area contributed by atoms with Gasteiger partial charge in [0.05, 0.1) is 6.61 Å². The molecule has 0 saturated carbocycles. The summed E-state index contributed by atoms with van der Waals surface area (Å²) in [6.45, 7) is 1.80. The fourth-order valence-electron chi connectivity index (χ4n) is 0.388. The lowest BCUT2D eigenvalue weighted by atomic mass is 10.4. The minimum absolute atomic E-state index is 0.0107. The van der Waals surface area contributed by atoms with Crippen molar-refractivity contribution in [1.29, 1.82) is 0 Å². The van der Waals surface area contributed by atoms with Gasteiger partial charge in [-0.1, -0.05) is 12.2 Å². The molecule has 0 aliphatic heterocycles. The molecule has 0 aromatic heterocycles. The van der Waals surface area contributed by atoms with Crippen LogP contribution in [0, 0.1) is 0 Å². The van der Waals surface area contributed by atoms with Crippen LogP contribution in [0.4, 0.5) is 0 Å². The lowest BCUT2D eigenvalue weighted by Gasteiger charge is -1.93. The molecule has 0 heterocycles. The van der Waals surface area contributed by atoms with E-state index >= 15 is 0 Å². The summed E-state index contributed by atoms with van der Waals surface area (Å²) in [5, 5.41) is 0. The van der Waals surface area contributed by atoms with Gasteiger partial charge in [0, 0.05) is 0 Å². The summed E-state index contributed by atoms with van der Waals surface area (Å²) < 4.78 is 31.9. The van der Waals surface area contributed by atoms with E-state index in [1.54, 1.807) is 12.2 Å². The summed E-state index contributed by atoms with van der Waals surface area (Å²) in [5.74, 6) is 0. The Hall–Kier alpha value is -0.390. The van der Waals surface area contributed by atoms with E-state index in [4.69, 9.17) is 4.55 Å². The van der Waals surface area contributed by atoms with E-state index < -0.39 is 10.4 Å². The minimum atomic E-state index is -4.24. The predicted octanol–water partition coefficient (Wildman–Crippen LogP) is 0.772. The Balaban J connectivity index is 3.39. The average Bonchev–Trinajstić information content (AvgIpc) is 1.78. The van der Waals surface area contributed by atoms with Gasteiger partial charge in [-0.2, -0.15) is 8.42 Å². The standard InChI is InChI=1S/C5H10O4S/c1-2-3-4-5-9-10(6,7)8/h2-3H,4-5H2,1H3,(H,6,7,8). The second-order valence-electron chi connectivity index (χ2n) is 1.61. The van der Waals surface area contributed by atoms with E-state index in [0.29, 0.717) is 6.42 Å². The maximum Gasteiger partial charge on any atom is 0.397 e. The van der Waals surface area contributed by atoms with Gasteiger partial charge in [0.2, 0.25) is 0 Å². The average molecular weight is 166 g/mol. The smallest absolute Gasteiger partial charge is 0.264 e. The van der Waals surface area contributed by atoms with Crippen LogP contribution in [0.2, 0.25) is 0 Å². The molecule has 0 spiro atoms. The molecule has 0 fully saturated rings. The fourth-order valence-corrected chi connectivity index (χ4v) is 0.695. The molecule has 0 rings (SSSR count). The maximum atomic E-state index is 9.90. The number of rotatable bonds is 4. The highest BCUT2D eigenvalue weighted by Gasteiger charge is 2.00. The van der Waals surface area contributed by atoms with Crippen LogP contribution in [-0.2, 0) is 14.6 Å². The number of hydrogen-bond donors (Lipinski definition) is 1. The van der Waals surface area contributed by atoms with Crippen molar-refractivity contribution in [2.75, 3.05) is 6.61 Å². The lowest BCUT2D eigenvalue weighted by Crippen LogP contribution is -2.03. The van der Waals surface area contributed by atoms with Crippen LogP contribution in [0.3, 0.4) is 0 Å². The van der Waals surface area contributed by atoms with Crippen molar-refractivity contribution in [3.05, 3.63) is 12.2 Å². The molecule has 4 nitrogen and oxygen atoms in total. The van der Waals surface area contributed by atoms with Gasteiger partial charge in [0.15, 0.2) is 0 Å². The molecular weight excluding hydrogens is 156 g/mol. The Labute approximate surface area is 60.5 Å². The van der Waals surface area contributed by atoms with E-state index in [-0.39, 0.29) is 6.61 Å². The summed E-state index contributed by atoms with van der Waals surface area (Å²) >= 11 is 0. The molecule has 0 radical (unpaired) electrons. The monoisotopic (exact) mass is 166 g/mol. The summed E-state index contributed by atoms with van der Waals surface area (Å²) in [5.41, 5.74) is 0. The van der Waals surface area contributed by atoms with Gasteiger partial charge >= 0.3 is 10.4 Å². The molecule has 1 N–H and O–H groups in total. The van der Waals surface area contributed by atoms with Crippen LogP contribution in [0.1, 0.15) is 13.3 Å². The first-order valence-corrected chi connectivity index (χ1v) is 4.16. The maximum absolute atomic E-state index is 9.90. The fraction of sp³-hybridized carbons (Fsp3) is 0.600. The Kier molecular flexibility index (Phi) is 4.26. The van der Waals surface area contributed by atoms with E-state index in [0.717, 1.165) is 0 Å². The summed E-state index contributed by atoms with van der Waals surface area (Å²) in [6.07, 6.45) is 3.99. The van der Waals surface area contributed by atoms with Gasteiger partial charge < -0.3 is 0 Å².